The van der Waals surface area contributed by atoms with E-state index >= 15 is 0 Å². The first-order valence-corrected chi connectivity index (χ1v) is 9.56. The Kier molecular flexibility index (Phi) is 6.06. The zero-order valence-electron chi connectivity index (χ0n) is 17.4. The predicted octanol–water partition coefficient (Wildman–Crippen LogP) is 2.50. The van der Waals surface area contributed by atoms with Gasteiger partial charge in [0.25, 0.3) is 5.91 Å². The van der Waals surface area contributed by atoms with Gasteiger partial charge >= 0.3 is 0 Å². The summed E-state index contributed by atoms with van der Waals surface area (Å²) >= 11 is 0. The zero-order valence-corrected chi connectivity index (χ0v) is 17.4. The number of carbonyl (C=O) groups is 1. The van der Waals surface area contributed by atoms with Crippen LogP contribution in [0, 0.1) is 5.82 Å². The van der Waals surface area contributed by atoms with Gasteiger partial charge in [0, 0.05) is 19.1 Å². The number of pyridine rings is 1. The maximum absolute atomic E-state index is 14.6. The third-order valence-corrected chi connectivity index (χ3v) is 4.93. The van der Waals surface area contributed by atoms with E-state index in [4.69, 9.17) is 16.2 Å². The topological polar surface area (TPSA) is 133 Å². The van der Waals surface area contributed by atoms with Gasteiger partial charge < -0.3 is 26.8 Å². The molecule has 9 nitrogen and oxygen atoms in total. The highest BCUT2D eigenvalue weighted by molar-refractivity contribution is 6.02. The first kappa shape index (κ1) is 21.3. The second kappa shape index (κ2) is 8.54. The van der Waals surface area contributed by atoms with Crippen LogP contribution in [0.5, 0.6) is 5.88 Å². The van der Waals surface area contributed by atoms with E-state index in [0.717, 1.165) is 11.6 Å². The van der Waals surface area contributed by atoms with Gasteiger partial charge in [0.05, 0.1) is 29.3 Å². The molecule has 2 aromatic heterocycles. The van der Waals surface area contributed by atoms with Crippen molar-refractivity contribution < 1.29 is 13.9 Å². The molecule has 0 aliphatic carbocycles. The van der Waals surface area contributed by atoms with Crippen molar-refractivity contribution in [2.45, 2.75) is 32.4 Å². The van der Waals surface area contributed by atoms with Crippen molar-refractivity contribution in [3.8, 4) is 5.88 Å². The molecule has 0 saturated heterocycles. The molecular weight excluding hydrogens is 389 g/mol. The highest BCUT2D eigenvalue weighted by atomic mass is 19.1. The van der Waals surface area contributed by atoms with E-state index in [1.54, 1.807) is 17.8 Å². The number of rotatable bonds is 8. The minimum absolute atomic E-state index is 0.0167. The number of nitrogens with two attached hydrogens (primary N) is 2. The summed E-state index contributed by atoms with van der Waals surface area (Å²) < 4.78 is 21.7. The van der Waals surface area contributed by atoms with Crippen molar-refractivity contribution in [1.82, 2.24) is 14.8 Å². The van der Waals surface area contributed by atoms with Gasteiger partial charge in [-0.2, -0.15) is 0 Å². The van der Waals surface area contributed by atoms with Crippen LogP contribution in [0.25, 0.3) is 10.9 Å². The van der Waals surface area contributed by atoms with Crippen molar-refractivity contribution >= 4 is 34.1 Å². The first-order valence-electron chi connectivity index (χ1n) is 9.56. The highest BCUT2D eigenvalue weighted by Crippen LogP contribution is 2.34. The van der Waals surface area contributed by atoms with E-state index in [1.165, 1.54) is 7.11 Å². The smallest absolute Gasteiger partial charge is 0.252 e. The van der Waals surface area contributed by atoms with Gasteiger partial charge in [0.1, 0.15) is 5.82 Å². The van der Waals surface area contributed by atoms with E-state index in [2.05, 4.69) is 20.7 Å². The van der Waals surface area contributed by atoms with E-state index in [9.17, 15) is 9.18 Å². The number of anilines is 3. The number of methoxy groups -OCH3 is 1. The van der Waals surface area contributed by atoms with Crippen molar-refractivity contribution in [3.63, 3.8) is 0 Å². The second-order valence-corrected chi connectivity index (χ2v) is 7.05. The number of primary amides is 1. The molecule has 3 aromatic rings. The van der Waals surface area contributed by atoms with E-state index < -0.39 is 11.7 Å². The van der Waals surface area contributed by atoms with Gasteiger partial charge in [-0.1, -0.05) is 13.0 Å². The molecular formula is C20H26FN7O2. The van der Waals surface area contributed by atoms with Crippen LogP contribution < -0.4 is 26.8 Å². The van der Waals surface area contributed by atoms with Gasteiger partial charge in [-0.25, -0.2) is 9.37 Å². The summed E-state index contributed by atoms with van der Waals surface area (Å²) in [5.41, 5.74) is 12.7. The molecule has 0 aliphatic heterocycles. The molecule has 0 radical (unpaired) electrons. The third kappa shape index (κ3) is 3.99. The van der Waals surface area contributed by atoms with Crippen LogP contribution in [0.2, 0.25) is 0 Å². The first-order chi connectivity index (χ1) is 14.3. The Hall–Kier alpha value is -3.40. The molecule has 1 amide bonds. The lowest BCUT2D eigenvalue weighted by atomic mass is 10.1. The minimum atomic E-state index is -0.806. The molecule has 1 aromatic carbocycles. The van der Waals surface area contributed by atoms with Crippen molar-refractivity contribution in [3.05, 3.63) is 35.6 Å². The van der Waals surface area contributed by atoms with Crippen LogP contribution in [-0.2, 0) is 7.05 Å². The Labute approximate surface area is 173 Å². The molecule has 0 saturated carbocycles. The number of ether oxygens (including phenoxy) is 1. The van der Waals surface area contributed by atoms with E-state index in [0.29, 0.717) is 23.4 Å². The van der Waals surface area contributed by atoms with Crippen LogP contribution in [0.4, 0.5) is 21.7 Å². The van der Waals surface area contributed by atoms with Crippen LogP contribution in [-0.4, -0.2) is 39.9 Å². The van der Waals surface area contributed by atoms with Crippen LogP contribution in [0.15, 0.2) is 24.3 Å². The molecule has 6 N–H and O–H groups in total. The maximum atomic E-state index is 14.6. The number of fused-ring (bicyclic) bond motifs is 1. The number of carbonyl (C=O) groups excluding carboxylic acids is 1. The Balaban J connectivity index is 2.10. The number of hydrogen-bond donors (Lipinski definition) is 4. The molecule has 0 aliphatic rings. The van der Waals surface area contributed by atoms with Gasteiger partial charge in [-0.05, 0) is 31.5 Å². The third-order valence-electron chi connectivity index (χ3n) is 4.93. The number of aromatic nitrogens is 3. The summed E-state index contributed by atoms with van der Waals surface area (Å²) in [5, 5.41) is 11.1. The Morgan fingerprint density at radius 1 is 1.37 bits per heavy atom. The zero-order chi connectivity index (χ0) is 22.0. The van der Waals surface area contributed by atoms with Gasteiger partial charge in [-0.15, -0.1) is 5.10 Å². The van der Waals surface area contributed by atoms with Crippen molar-refractivity contribution in [2.75, 3.05) is 17.7 Å². The lowest BCUT2D eigenvalue weighted by Gasteiger charge is -2.22. The lowest BCUT2D eigenvalue weighted by Crippen LogP contribution is -2.38. The molecule has 10 heteroatoms. The Morgan fingerprint density at radius 3 is 2.70 bits per heavy atom. The highest BCUT2D eigenvalue weighted by Gasteiger charge is 2.21. The predicted molar refractivity (Wildman–Crippen MR) is 115 cm³/mol. The standard InChI is InChI=1S/C20H26FN7O2/c1-5-13(10(2)22)24-19-12(21)9-11(17(23)29)18(26-19)25-14-7-6-8-15-16(14)20(30-4)27-28(15)3/h6-10,13H,5,22H2,1-4H3,(H2,23,29)(H2,24,25,26)/t10-,13+/m0/s1. The van der Waals surface area contributed by atoms with Crippen molar-refractivity contribution in [1.29, 1.82) is 0 Å². The SMILES string of the molecule is CC[C@@H](Nc1nc(Nc2cccc3c2c(OC)nn3C)c(C(N)=O)cc1F)[C@H](C)N. The number of aryl methyl sites for hydroxylation is 1. The van der Waals surface area contributed by atoms with Gasteiger partial charge in [0.15, 0.2) is 11.6 Å². The molecule has 0 bridgehead atoms. The fourth-order valence-corrected chi connectivity index (χ4v) is 3.30. The molecule has 3 rings (SSSR count). The summed E-state index contributed by atoms with van der Waals surface area (Å²) in [6.45, 7) is 3.76. The second-order valence-electron chi connectivity index (χ2n) is 7.05. The van der Waals surface area contributed by atoms with E-state index in [1.807, 2.05) is 26.0 Å². The summed E-state index contributed by atoms with van der Waals surface area (Å²) in [6.07, 6.45) is 0.672. The fraction of sp³-hybridized carbons (Fsp3) is 0.350. The number of benzene rings is 1. The number of nitrogens with zero attached hydrogens (tertiary/aromatic N) is 3. The maximum Gasteiger partial charge on any atom is 0.252 e. The molecule has 160 valence electrons. The number of halogens is 1. The van der Waals surface area contributed by atoms with Gasteiger partial charge in [-0.3, -0.25) is 9.48 Å². The average molecular weight is 415 g/mol. The monoisotopic (exact) mass is 415 g/mol. The molecule has 2 heterocycles. The lowest BCUT2D eigenvalue weighted by molar-refractivity contribution is 0.100. The molecule has 0 unspecified atom stereocenters. The summed E-state index contributed by atoms with van der Waals surface area (Å²) in [7, 11) is 3.31. The number of nitrogens with one attached hydrogen (secondary N) is 2. The Morgan fingerprint density at radius 2 is 2.10 bits per heavy atom. The van der Waals surface area contributed by atoms with E-state index in [-0.39, 0.29) is 29.3 Å². The van der Waals surface area contributed by atoms with Crippen LogP contribution >= 0.6 is 0 Å². The normalized spacial score (nSPS) is 13.1. The quantitative estimate of drug-likeness (QED) is 0.444. The summed E-state index contributed by atoms with van der Waals surface area (Å²) in [6, 6.07) is 6.13. The summed E-state index contributed by atoms with van der Waals surface area (Å²) in [4.78, 5) is 16.3. The average Bonchev–Trinajstić information content (AvgIpc) is 3.04. The summed E-state index contributed by atoms with van der Waals surface area (Å²) in [5.74, 6) is -0.994. The Bertz CT molecular complexity index is 1080. The fourth-order valence-electron chi connectivity index (χ4n) is 3.30. The largest absolute Gasteiger partial charge is 0.479 e. The van der Waals surface area contributed by atoms with Gasteiger partial charge in [0.2, 0.25) is 5.88 Å². The van der Waals surface area contributed by atoms with Crippen LogP contribution in [0.3, 0.4) is 0 Å². The minimum Gasteiger partial charge on any atom is -0.479 e. The van der Waals surface area contributed by atoms with Crippen LogP contribution in [0.1, 0.15) is 30.6 Å². The molecule has 0 spiro atoms. The number of hydrogen-bond acceptors (Lipinski definition) is 7. The molecule has 2 atom stereocenters. The molecule has 0 fully saturated rings. The molecule has 30 heavy (non-hydrogen) atoms. The van der Waals surface area contributed by atoms with Crippen molar-refractivity contribution in [2.24, 2.45) is 18.5 Å². The number of amides is 1.